The zero-order valence-corrected chi connectivity index (χ0v) is 11.7. The molecular formula is C15H18N2O2. The van der Waals surface area contributed by atoms with E-state index in [0.717, 1.165) is 16.8 Å². The molecule has 0 radical (unpaired) electrons. The number of carbonyl (C=O) groups excluding carboxylic acids is 1. The minimum atomic E-state index is -0.163. The van der Waals surface area contributed by atoms with Gasteiger partial charge in [-0.15, -0.1) is 0 Å². The number of nitrogens with one attached hydrogen (secondary N) is 1. The van der Waals surface area contributed by atoms with Crippen molar-refractivity contribution in [3.8, 4) is 0 Å². The van der Waals surface area contributed by atoms with Crippen molar-refractivity contribution >= 4 is 11.6 Å². The first-order valence-corrected chi connectivity index (χ1v) is 6.36. The molecule has 0 atom stereocenters. The summed E-state index contributed by atoms with van der Waals surface area (Å²) in [5, 5.41) is 6.83. The van der Waals surface area contributed by atoms with Crippen molar-refractivity contribution in [1.82, 2.24) is 5.16 Å². The largest absolute Gasteiger partial charge is 0.361 e. The van der Waals surface area contributed by atoms with E-state index in [1.54, 1.807) is 6.92 Å². The van der Waals surface area contributed by atoms with Crippen molar-refractivity contribution < 1.29 is 9.32 Å². The van der Waals surface area contributed by atoms with E-state index in [9.17, 15) is 4.79 Å². The highest BCUT2D eigenvalue weighted by Gasteiger charge is 2.19. The number of nitrogens with zero attached hydrogens (tertiary/aromatic N) is 1. The van der Waals surface area contributed by atoms with Crippen LogP contribution in [0.2, 0.25) is 0 Å². The van der Waals surface area contributed by atoms with Gasteiger partial charge in [0, 0.05) is 5.69 Å². The fourth-order valence-electron chi connectivity index (χ4n) is 2.01. The summed E-state index contributed by atoms with van der Waals surface area (Å²) in [6, 6.07) is 5.97. The first-order chi connectivity index (χ1) is 9.02. The minimum absolute atomic E-state index is 0.163. The average molecular weight is 258 g/mol. The molecule has 100 valence electrons. The van der Waals surface area contributed by atoms with Crippen LogP contribution >= 0.6 is 0 Å². The monoisotopic (exact) mass is 258 g/mol. The molecule has 0 saturated heterocycles. The third kappa shape index (κ3) is 2.67. The van der Waals surface area contributed by atoms with Gasteiger partial charge in [0.1, 0.15) is 11.3 Å². The van der Waals surface area contributed by atoms with E-state index in [0.29, 0.717) is 23.4 Å². The van der Waals surface area contributed by atoms with E-state index < -0.39 is 0 Å². The number of benzene rings is 1. The minimum Gasteiger partial charge on any atom is -0.361 e. The van der Waals surface area contributed by atoms with Crippen LogP contribution in [-0.4, -0.2) is 11.1 Å². The topological polar surface area (TPSA) is 55.1 Å². The second-order valence-corrected chi connectivity index (χ2v) is 4.69. The number of aryl methyl sites for hydroxylation is 4. The Morgan fingerprint density at radius 2 is 2.05 bits per heavy atom. The molecule has 2 rings (SSSR count). The lowest BCUT2D eigenvalue weighted by atomic mass is 10.1. The maximum Gasteiger partial charge on any atom is 0.261 e. The summed E-state index contributed by atoms with van der Waals surface area (Å²) in [6.07, 6.45) is 0.674. The van der Waals surface area contributed by atoms with Gasteiger partial charge in [-0.2, -0.15) is 0 Å². The van der Waals surface area contributed by atoms with Crippen LogP contribution in [0.3, 0.4) is 0 Å². The van der Waals surface area contributed by atoms with Crippen molar-refractivity contribution in [3.05, 3.63) is 46.3 Å². The molecule has 0 bridgehead atoms. The van der Waals surface area contributed by atoms with Crippen LogP contribution in [-0.2, 0) is 6.42 Å². The van der Waals surface area contributed by atoms with E-state index >= 15 is 0 Å². The van der Waals surface area contributed by atoms with Gasteiger partial charge in [0.25, 0.3) is 5.91 Å². The molecule has 4 heteroatoms. The number of aromatic nitrogens is 1. The Bertz CT molecular complexity index is 615. The Labute approximate surface area is 112 Å². The molecule has 0 aliphatic rings. The van der Waals surface area contributed by atoms with Crippen LogP contribution in [0.1, 0.15) is 39.9 Å². The van der Waals surface area contributed by atoms with Crippen molar-refractivity contribution in [2.75, 3.05) is 5.32 Å². The first-order valence-electron chi connectivity index (χ1n) is 6.36. The second-order valence-electron chi connectivity index (χ2n) is 4.69. The summed E-state index contributed by atoms with van der Waals surface area (Å²) in [5.74, 6) is 0.393. The highest BCUT2D eigenvalue weighted by atomic mass is 16.5. The molecule has 1 heterocycles. The van der Waals surface area contributed by atoms with Crippen LogP contribution in [0.25, 0.3) is 0 Å². The summed E-state index contributed by atoms with van der Waals surface area (Å²) in [7, 11) is 0. The molecule has 2 aromatic rings. The maximum absolute atomic E-state index is 12.3. The lowest BCUT2D eigenvalue weighted by Crippen LogP contribution is -2.15. The SMILES string of the molecule is CCc1noc(C)c1C(=O)Nc1cc(C)ccc1C. The fourth-order valence-corrected chi connectivity index (χ4v) is 2.01. The van der Waals surface area contributed by atoms with E-state index in [4.69, 9.17) is 4.52 Å². The smallest absolute Gasteiger partial charge is 0.261 e. The van der Waals surface area contributed by atoms with Gasteiger partial charge >= 0.3 is 0 Å². The van der Waals surface area contributed by atoms with E-state index in [1.807, 2.05) is 39.0 Å². The third-order valence-electron chi connectivity index (χ3n) is 3.14. The highest BCUT2D eigenvalue weighted by molar-refractivity contribution is 6.06. The number of rotatable bonds is 3. The molecule has 1 aromatic heterocycles. The molecule has 1 aromatic carbocycles. The zero-order chi connectivity index (χ0) is 14.0. The summed E-state index contributed by atoms with van der Waals surface area (Å²) in [6.45, 7) is 7.67. The maximum atomic E-state index is 12.3. The number of anilines is 1. The van der Waals surface area contributed by atoms with Crippen LogP contribution < -0.4 is 5.32 Å². The highest BCUT2D eigenvalue weighted by Crippen LogP contribution is 2.20. The normalized spacial score (nSPS) is 10.5. The van der Waals surface area contributed by atoms with E-state index in [2.05, 4.69) is 10.5 Å². The summed E-state index contributed by atoms with van der Waals surface area (Å²) in [4.78, 5) is 12.3. The number of hydrogen-bond donors (Lipinski definition) is 1. The van der Waals surface area contributed by atoms with Crippen molar-refractivity contribution in [2.24, 2.45) is 0 Å². The Hall–Kier alpha value is -2.10. The summed E-state index contributed by atoms with van der Waals surface area (Å²) >= 11 is 0. The summed E-state index contributed by atoms with van der Waals surface area (Å²) in [5.41, 5.74) is 4.21. The molecule has 4 nitrogen and oxygen atoms in total. The van der Waals surface area contributed by atoms with Crippen LogP contribution in [0.5, 0.6) is 0 Å². The van der Waals surface area contributed by atoms with Gasteiger partial charge in [0.15, 0.2) is 0 Å². The lowest BCUT2D eigenvalue weighted by Gasteiger charge is -2.09. The van der Waals surface area contributed by atoms with E-state index in [-0.39, 0.29) is 5.91 Å². The predicted molar refractivity (Wildman–Crippen MR) is 74.5 cm³/mol. The standard InChI is InChI=1S/C15H18N2O2/c1-5-12-14(11(4)19-17-12)15(18)16-13-8-9(2)6-7-10(13)3/h6-8H,5H2,1-4H3,(H,16,18). The Balaban J connectivity index is 2.30. The van der Waals surface area contributed by atoms with Crippen molar-refractivity contribution in [1.29, 1.82) is 0 Å². The second kappa shape index (κ2) is 5.26. The van der Waals surface area contributed by atoms with Crippen molar-refractivity contribution in [2.45, 2.75) is 34.1 Å². The molecule has 0 saturated carbocycles. The Morgan fingerprint density at radius 1 is 1.32 bits per heavy atom. The predicted octanol–water partition coefficient (Wildman–Crippen LogP) is 3.41. The van der Waals surface area contributed by atoms with Gasteiger partial charge in [-0.05, 0) is 44.4 Å². The number of hydrogen-bond acceptors (Lipinski definition) is 3. The Kier molecular flexibility index (Phi) is 3.69. The van der Waals surface area contributed by atoms with Gasteiger partial charge in [-0.3, -0.25) is 4.79 Å². The molecule has 1 amide bonds. The molecule has 0 fully saturated rings. The molecular weight excluding hydrogens is 240 g/mol. The molecule has 19 heavy (non-hydrogen) atoms. The molecule has 0 unspecified atom stereocenters. The van der Waals surface area contributed by atoms with Crippen LogP contribution in [0.4, 0.5) is 5.69 Å². The van der Waals surface area contributed by atoms with Gasteiger partial charge in [0.2, 0.25) is 0 Å². The number of carbonyl (C=O) groups is 1. The summed E-state index contributed by atoms with van der Waals surface area (Å²) < 4.78 is 5.09. The third-order valence-corrected chi connectivity index (χ3v) is 3.14. The van der Waals surface area contributed by atoms with Crippen molar-refractivity contribution in [3.63, 3.8) is 0 Å². The van der Waals surface area contributed by atoms with Gasteiger partial charge in [-0.1, -0.05) is 24.2 Å². The Morgan fingerprint density at radius 3 is 2.74 bits per heavy atom. The van der Waals surface area contributed by atoms with Gasteiger partial charge in [0.05, 0.1) is 5.69 Å². The molecule has 0 spiro atoms. The lowest BCUT2D eigenvalue weighted by molar-refractivity contribution is 0.102. The van der Waals surface area contributed by atoms with Crippen LogP contribution in [0, 0.1) is 20.8 Å². The number of amides is 1. The molecule has 0 aliphatic carbocycles. The quantitative estimate of drug-likeness (QED) is 0.917. The fraction of sp³-hybridized carbons (Fsp3) is 0.333. The molecule has 0 aliphatic heterocycles. The molecule has 1 N–H and O–H groups in total. The van der Waals surface area contributed by atoms with Gasteiger partial charge in [-0.25, -0.2) is 0 Å². The van der Waals surface area contributed by atoms with E-state index in [1.165, 1.54) is 0 Å². The average Bonchev–Trinajstić information content (AvgIpc) is 2.75. The van der Waals surface area contributed by atoms with Crippen LogP contribution in [0.15, 0.2) is 22.7 Å². The zero-order valence-electron chi connectivity index (χ0n) is 11.7. The first kappa shape index (κ1) is 13.3. The van der Waals surface area contributed by atoms with Gasteiger partial charge < -0.3 is 9.84 Å².